The van der Waals surface area contributed by atoms with Crippen LogP contribution < -0.4 is 5.32 Å². The van der Waals surface area contributed by atoms with E-state index in [4.69, 9.17) is 4.74 Å². The molecule has 2 aromatic heterocycles. The van der Waals surface area contributed by atoms with Crippen LogP contribution in [0.25, 0.3) is 9.75 Å². The van der Waals surface area contributed by atoms with Crippen molar-refractivity contribution < 1.29 is 14.6 Å². The van der Waals surface area contributed by atoms with Crippen LogP contribution >= 0.6 is 22.7 Å². The largest absolute Gasteiger partial charge is 0.386 e. The first kappa shape index (κ1) is 14.7. The quantitative estimate of drug-likeness (QED) is 0.889. The molecule has 1 amide bonds. The molecule has 4 nitrogen and oxygen atoms in total. The Morgan fingerprint density at radius 3 is 3.05 bits per heavy atom. The van der Waals surface area contributed by atoms with Crippen LogP contribution in [0.2, 0.25) is 0 Å². The summed E-state index contributed by atoms with van der Waals surface area (Å²) >= 11 is 3.25. The molecule has 0 saturated carbocycles. The van der Waals surface area contributed by atoms with E-state index < -0.39 is 6.10 Å². The Balaban J connectivity index is 1.55. The molecule has 0 unspecified atom stereocenters. The van der Waals surface area contributed by atoms with Gasteiger partial charge in [0.1, 0.15) is 6.10 Å². The van der Waals surface area contributed by atoms with Crippen LogP contribution in [-0.2, 0) is 9.53 Å². The van der Waals surface area contributed by atoms with Crippen molar-refractivity contribution in [3.05, 3.63) is 34.5 Å². The SMILES string of the molecule is O=C(NC[C@@H](O)c1ccc(-c2cccs2)s1)[C@@H]1CCOC1. The third kappa shape index (κ3) is 3.52. The monoisotopic (exact) mass is 323 g/mol. The Morgan fingerprint density at radius 1 is 1.43 bits per heavy atom. The molecule has 1 aliphatic rings. The summed E-state index contributed by atoms with van der Waals surface area (Å²) in [6.07, 6.45) is 0.110. The van der Waals surface area contributed by atoms with E-state index in [2.05, 4.69) is 11.4 Å². The van der Waals surface area contributed by atoms with E-state index in [1.165, 1.54) is 4.88 Å². The standard InChI is InChI=1S/C15H17NO3S2/c17-11(8-16-15(18)10-5-6-19-9-10)12-3-4-14(21-12)13-2-1-7-20-13/h1-4,7,10-11,17H,5-6,8-9H2,(H,16,18)/t10-,11-/m1/s1. The van der Waals surface area contributed by atoms with Gasteiger partial charge in [0, 0.05) is 27.8 Å². The highest BCUT2D eigenvalue weighted by molar-refractivity contribution is 7.21. The van der Waals surface area contributed by atoms with Crippen molar-refractivity contribution >= 4 is 28.6 Å². The van der Waals surface area contributed by atoms with Crippen molar-refractivity contribution in [2.45, 2.75) is 12.5 Å². The molecule has 0 spiro atoms. The zero-order chi connectivity index (χ0) is 14.7. The van der Waals surface area contributed by atoms with Gasteiger partial charge in [0.2, 0.25) is 5.91 Å². The van der Waals surface area contributed by atoms with Crippen LogP contribution in [0.5, 0.6) is 0 Å². The van der Waals surface area contributed by atoms with Gasteiger partial charge in [-0.25, -0.2) is 0 Å². The molecule has 2 atom stereocenters. The maximum Gasteiger partial charge on any atom is 0.225 e. The Bertz CT molecular complexity index is 588. The van der Waals surface area contributed by atoms with Gasteiger partial charge in [-0.2, -0.15) is 0 Å². The van der Waals surface area contributed by atoms with Gasteiger partial charge in [-0.3, -0.25) is 4.79 Å². The van der Waals surface area contributed by atoms with E-state index in [9.17, 15) is 9.90 Å². The molecule has 2 aromatic rings. The third-order valence-corrected chi connectivity index (χ3v) is 5.74. The summed E-state index contributed by atoms with van der Waals surface area (Å²) in [5.74, 6) is -0.0937. The van der Waals surface area contributed by atoms with Crippen LogP contribution in [0, 0.1) is 5.92 Å². The van der Waals surface area contributed by atoms with Crippen molar-refractivity contribution in [1.82, 2.24) is 5.32 Å². The molecule has 2 N–H and O–H groups in total. The minimum atomic E-state index is -0.657. The van der Waals surface area contributed by atoms with Gasteiger partial charge < -0.3 is 15.2 Å². The molecule has 6 heteroatoms. The first-order valence-electron chi connectivity index (χ1n) is 6.91. The van der Waals surface area contributed by atoms with Crippen LogP contribution in [0.1, 0.15) is 17.4 Å². The fourth-order valence-corrected chi connectivity index (χ4v) is 4.10. The number of nitrogens with one attached hydrogen (secondary N) is 1. The summed E-state index contributed by atoms with van der Waals surface area (Å²) in [7, 11) is 0. The predicted octanol–water partition coefficient (Wildman–Crippen LogP) is 2.66. The van der Waals surface area contributed by atoms with Crippen molar-refractivity contribution in [3.63, 3.8) is 0 Å². The zero-order valence-corrected chi connectivity index (χ0v) is 13.1. The lowest BCUT2D eigenvalue weighted by atomic mass is 10.1. The zero-order valence-electron chi connectivity index (χ0n) is 11.5. The highest BCUT2D eigenvalue weighted by atomic mass is 32.1. The lowest BCUT2D eigenvalue weighted by Crippen LogP contribution is -2.33. The minimum absolute atomic E-state index is 0.0263. The van der Waals surface area contributed by atoms with Gasteiger partial charge >= 0.3 is 0 Å². The summed E-state index contributed by atoms with van der Waals surface area (Å²) in [4.78, 5) is 15.1. The normalized spacial score (nSPS) is 19.6. The molecule has 21 heavy (non-hydrogen) atoms. The molecule has 1 saturated heterocycles. The van der Waals surface area contributed by atoms with Crippen molar-refractivity contribution in [1.29, 1.82) is 0 Å². The van der Waals surface area contributed by atoms with Gasteiger partial charge in [-0.1, -0.05) is 6.07 Å². The fraction of sp³-hybridized carbons (Fsp3) is 0.400. The summed E-state index contributed by atoms with van der Waals surface area (Å²) in [5.41, 5.74) is 0. The summed E-state index contributed by atoms with van der Waals surface area (Å²) in [5, 5.41) is 15.0. The van der Waals surface area contributed by atoms with E-state index in [0.29, 0.717) is 13.2 Å². The lowest BCUT2D eigenvalue weighted by molar-refractivity contribution is -0.125. The number of aliphatic hydroxyl groups is 1. The van der Waals surface area contributed by atoms with Gasteiger partial charge in [0.05, 0.1) is 12.5 Å². The first-order chi connectivity index (χ1) is 10.2. The van der Waals surface area contributed by atoms with Gasteiger partial charge in [-0.05, 0) is 30.0 Å². The number of carbonyl (C=O) groups excluding carboxylic acids is 1. The molecule has 1 fully saturated rings. The van der Waals surface area contributed by atoms with Gasteiger partial charge in [-0.15, -0.1) is 22.7 Å². The van der Waals surface area contributed by atoms with E-state index >= 15 is 0 Å². The number of hydrogen-bond acceptors (Lipinski definition) is 5. The Hall–Kier alpha value is -1.21. The van der Waals surface area contributed by atoms with Crippen LogP contribution in [0.15, 0.2) is 29.6 Å². The van der Waals surface area contributed by atoms with Crippen LogP contribution in [0.3, 0.4) is 0 Å². The van der Waals surface area contributed by atoms with E-state index in [0.717, 1.165) is 16.2 Å². The van der Waals surface area contributed by atoms with Crippen molar-refractivity contribution in [3.8, 4) is 9.75 Å². The van der Waals surface area contributed by atoms with E-state index in [1.807, 2.05) is 23.6 Å². The predicted molar refractivity (Wildman–Crippen MR) is 84.5 cm³/mol. The summed E-state index contributed by atoms with van der Waals surface area (Å²) in [6.45, 7) is 1.39. The van der Waals surface area contributed by atoms with Crippen LogP contribution in [-0.4, -0.2) is 30.8 Å². The average molecular weight is 323 g/mol. The maximum absolute atomic E-state index is 11.9. The number of amides is 1. The Labute approximate surface area is 131 Å². The maximum atomic E-state index is 11.9. The average Bonchev–Trinajstić information content (AvgIpc) is 3.25. The number of hydrogen-bond donors (Lipinski definition) is 2. The number of thiophene rings is 2. The second-order valence-electron chi connectivity index (χ2n) is 5.00. The molecule has 0 aliphatic carbocycles. The molecule has 112 valence electrons. The number of ether oxygens (including phenoxy) is 1. The molecular formula is C15H17NO3S2. The Morgan fingerprint density at radius 2 is 2.33 bits per heavy atom. The van der Waals surface area contributed by atoms with E-state index in [1.54, 1.807) is 22.7 Å². The number of carbonyl (C=O) groups is 1. The highest BCUT2D eigenvalue weighted by Crippen LogP contribution is 2.33. The topological polar surface area (TPSA) is 58.6 Å². The van der Waals surface area contributed by atoms with Crippen molar-refractivity contribution in [2.24, 2.45) is 5.92 Å². The molecule has 0 bridgehead atoms. The summed E-state index contributed by atoms with van der Waals surface area (Å²) in [6, 6.07) is 8.02. The molecule has 3 heterocycles. The highest BCUT2D eigenvalue weighted by Gasteiger charge is 2.24. The lowest BCUT2D eigenvalue weighted by Gasteiger charge is -2.12. The minimum Gasteiger partial charge on any atom is -0.386 e. The first-order valence-corrected chi connectivity index (χ1v) is 8.61. The fourth-order valence-electron chi connectivity index (χ4n) is 2.27. The smallest absolute Gasteiger partial charge is 0.225 e. The molecule has 3 rings (SSSR count). The second-order valence-corrected chi connectivity index (χ2v) is 7.06. The second kappa shape index (κ2) is 6.70. The van der Waals surface area contributed by atoms with Gasteiger partial charge in [0.25, 0.3) is 0 Å². The molecular weight excluding hydrogens is 306 g/mol. The van der Waals surface area contributed by atoms with Gasteiger partial charge in [0.15, 0.2) is 0 Å². The summed E-state index contributed by atoms with van der Waals surface area (Å²) < 4.78 is 5.19. The molecule has 1 aliphatic heterocycles. The number of aliphatic hydroxyl groups excluding tert-OH is 1. The Kier molecular flexibility index (Phi) is 4.70. The van der Waals surface area contributed by atoms with Crippen LogP contribution in [0.4, 0.5) is 0 Å². The number of rotatable bonds is 5. The van der Waals surface area contributed by atoms with E-state index in [-0.39, 0.29) is 18.4 Å². The molecule has 0 aromatic carbocycles. The molecule has 0 radical (unpaired) electrons. The third-order valence-electron chi connectivity index (χ3n) is 3.49. The van der Waals surface area contributed by atoms with Crippen molar-refractivity contribution in [2.75, 3.05) is 19.8 Å².